The number of pyridine rings is 2. The van der Waals surface area contributed by atoms with Crippen LogP contribution in [0.5, 0.6) is 0 Å². The van der Waals surface area contributed by atoms with Gasteiger partial charge in [-0.1, -0.05) is 54.6 Å². The van der Waals surface area contributed by atoms with E-state index in [0.29, 0.717) is 18.1 Å². The minimum atomic E-state index is 0.433. The molecule has 2 fully saturated rings. The summed E-state index contributed by atoms with van der Waals surface area (Å²) in [6, 6.07) is 25.0. The molecule has 0 N–H and O–H groups in total. The fourth-order valence-corrected chi connectivity index (χ4v) is 5.94. The Morgan fingerprint density at radius 2 is 1.78 bits per heavy atom. The number of aliphatic imine (C=N–C) groups is 1. The maximum absolute atomic E-state index is 4.91. The van der Waals surface area contributed by atoms with Crippen LogP contribution in [0.4, 0.5) is 0 Å². The standard InChI is InChI=1S/C28H28N4/c1-19(20-6-3-2-4-7-20)32-25-14-12-23(16-25)26(32)18-29-17-24-13-11-22-10-9-21-8-5-15-30-27(21)28(22)31-24/h2-11,13,15,17,19,23,25-26H,12,14,16,18H2,1H3/t19-,23+,25-,26-/m0/s1. The van der Waals surface area contributed by atoms with E-state index in [0.717, 1.165) is 40.0 Å². The molecule has 0 amide bonds. The van der Waals surface area contributed by atoms with Crippen LogP contribution >= 0.6 is 0 Å². The third-order valence-electron chi connectivity index (χ3n) is 7.49. The van der Waals surface area contributed by atoms with E-state index in [1.807, 2.05) is 18.5 Å². The average molecular weight is 421 g/mol. The predicted molar refractivity (Wildman–Crippen MR) is 131 cm³/mol. The number of aromatic nitrogens is 2. The topological polar surface area (TPSA) is 41.4 Å². The summed E-state index contributed by atoms with van der Waals surface area (Å²) in [4.78, 5) is 17.1. The van der Waals surface area contributed by atoms with Crippen LogP contribution in [0.3, 0.4) is 0 Å². The second-order valence-electron chi connectivity index (χ2n) is 9.27. The lowest BCUT2D eigenvalue weighted by Crippen LogP contribution is -2.44. The van der Waals surface area contributed by atoms with Crippen LogP contribution in [-0.4, -0.2) is 39.7 Å². The highest BCUT2D eigenvalue weighted by atomic mass is 15.3. The summed E-state index contributed by atoms with van der Waals surface area (Å²) >= 11 is 0. The molecule has 1 saturated heterocycles. The van der Waals surface area contributed by atoms with Gasteiger partial charge < -0.3 is 0 Å². The van der Waals surface area contributed by atoms with E-state index in [9.17, 15) is 0 Å². The first-order valence-corrected chi connectivity index (χ1v) is 11.7. The van der Waals surface area contributed by atoms with Gasteiger partial charge in [-0.15, -0.1) is 0 Å². The van der Waals surface area contributed by atoms with Crippen molar-refractivity contribution in [3.05, 3.63) is 84.2 Å². The molecule has 32 heavy (non-hydrogen) atoms. The summed E-state index contributed by atoms with van der Waals surface area (Å²) in [5.74, 6) is 0.765. The van der Waals surface area contributed by atoms with Gasteiger partial charge in [-0.3, -0.25) is 14.9 Å². The zero-order chi connectivity index (χ0) is 21.5. The smallest absolute Gasteiger partial charge is 0.0972 e. The van der Waals surface area contributed by atoms with E-state index in [2.05, 4.69) is 77.5 Å². The van der Waals surface area contributed by atoms with Crippen molar-refractivity contribution in [1.29, 1.82) is 0 Å². The third kappa shape index (κ3) is 3.39. The van der Waals surface area contributed by atoms with E-state index >= 15 is 0 Å². The molecule has 0 unspecified atom stereocenters. The molecule has 160 valence electrons. The van der Waals surface area contributed by atoms with Gasteiger partial charge in [-0.05, 0) is 49.8 Å². The van der Waals surface area contributed by atoms with Gasteiger partial charge in [0.1, 0.15) is 0 Å². The Labute approximate surface area is 189 Å². The molecule has 2 aromatic heterocycles. The van der Waals surface area contributed by atoms with Gasteiger partial charge in [0.25, 0.3) is 0 Å². The van der Waals surface area contributed by atoms with E-state index in [4.69, 9.17) is 9.98 Å². The van der Waals surface area contributed by atoms with Crippen molar-refractivity contribution in [1.82, 2.24) is 14.9 Å². The van der Waals surface area contributed by atoms with E-state index < -0.39 is 0 Å². The molecule has 6 rings (SSSR count). The molecule has 4 heteroatoms. The summed E-state index contributed by atoms with van der Waals surface area (Å²) < 4.78 is 0. The average Bonchev–Trinajstić information content (AvgIpc) is 3.46. The molecular weight excluding hydrogens is 392 g/mol. The molecule has 2 aliphatic rings. The molecule has 2 bridgehead atoms. The largest absolute Gasteiger partial charge is 0.289 e. The minimum absolute atomic E-state index is 0.433. The maximum atomic E-state index is 4.91. The van der Waals surface area contributed by atoms with Crippen LogP contribution < -0.4 is 0 Å². The second kappa shape index (κ2) is 8.10. The van der Waals surface area contributed by atoms with E-state index in [-0.39, 0.29) is 0 Å². The number of benzene rings is 2. The van der Waals surface area contributed by atoms with Crippen molar-refractivity contribution >= 4 is 28.0 Å². The van der Waals surface area contributed by atoms with Crippen molar-refractivity contribution < 1.29 is 0 Å². The molecule has 4 atom stereocenters. The van der Waals surface area contributed by atoms with Gasteiger partial charge in [0.15, 0.2) is 0 Å². The molecule has 4 nitrogen and oxygen atoms in total. The molecular formula is C28H28N4. The Morgan fingerprint density at radius 1 is 0.969 bits per heavy atom. The summed E-state index contributed by atoms with van der Waals surface area (Å²) in [6.45, 7) is 3.20. The quantitative estimate of drug-likeness (QED) is 0.302. The Balaban J connectivity index is 1.25. The highest BCUT2D eigenvalue weighted by molar-refractivity contribution is 6.03. The Bertz CT molecular complexity index is 1280. The van der Waals surface area contributed by atoms with Gasteiger partial charge in [0.05, 0.1) is 23.3 Å². The lowest BCUT2D eigenvalue weighted by atomic mass is 9.95. The number of hydrogen-bond acceptors (Lipinski definition) is 4. The molecule has 2 aromatic carbocycles. The molecule has 1 saturated carbocycles. The van der Waals surface area contributed by atoms with Crippen molar-refractivity contribution in [3.63, 3.8) is 0 Å². The van der Waals surface area contributed by atoms with Crippen LogP contribution in [0.15, 0.2) is 77.9 Å². The molecule has 0 spiro atoms. The number of hydrogen-bond donors (Lipinski definition) is 0. The summed E-state index contributed by atoms with van der Waals surface area (Å²) in [5.41, 5.74) is 4.22. The second-order valence-corrected chi connectivity index (χ2v) is 9.27. The van der Waals surface area contributed by atoms with Crippen molar-refractivity contribution in [2.24, 2.45) is 10.9 Å². The Morgan fingerprint density at radius 3 is 2.66 bits per heavy atom. The number of nitrogens with zero attached hydrogens (tertiary/aromatic N) is 4. The maximum Gasteiger partial charge on any atom is 0.0972 e. The Hall–Kier alpha value is -3.11. The first-order valence-electron chi connectivity index (χ1n) is 11.7. The highest BCUT2D eigenvalue weighted by Crippen LogP contribution is 2.46. The van der Waals surface area contributed by atoms with Crippen molar-refractivity contribution in [2.45, 2.75) is 44.3 Å². The van der Waals surface area contributed by atoms with Crippen LogP contribution in [-0.2, 0) is 0 Å². The van der Waals surface area contributed by atoms with Crippen molar-refractivity contribution in [2.75, 3.05) is 6.54 Å². The van der Waals surface area contributed by atoms with Crippen LogP contribution in [0.25, 0.3) is 21.8 Å². The van der Waals surface area contributed by atoms with Gasteiger partial charge in [-0.2, -0.15) is 0 Å². The molecule has 1 aliphatic carbocycles. The third-order valence-corrected chi connectivity index (χ3v) is 7.49. The first kappa shape index (κ1) is 19.6. The van der Waals surface area contributed by atoms with Crippen molar-refractivity contribution in [3.8, 4) is 0 Å². The van der Waals surface area contributed by atoms with Crippen LogP contribution in [0, 0.1) is 5.92 Å². The van der Waals surface area contributed by atoms with Gasteiger partial charge >= 0.3 is 0 Å². The lowest BCUT2D eigenvalue weighted by Gasteiger charge is -2.39. The van der Waals surface area contributed by atoms with Gasteiger partial charge in [0, 0.05) is 41.3 Å². The fourth-order valence-electron chi connectivity index (χ4n) is 5.94. The SMILES string of the molecule is C[C@@H](c1ccccc1)N1[C@H]2CC[C@H](C2)[C@@H]1CN=Cc1ccc2ccc3cccnc3c2n1. The van der Waals surface area contributed by atoms with E-state index in [1.165, 1.54) is 24.8 Å². The molecule has 1 aliphatic heterocycles. The molecule has 3 heterocycles. The number of piperidine rings is 1. The van der Waals surface area contributed by atoms with Crippen LogP contribution in [0.2, 0.25) is 0 Å². The summed E-state index contributed by atoms with van der Waals surface area (Å²) in [6.07, 6.45) is 7.78. The predicted octanol–water partition coefficient (Wildman–Crippen LogP) is 5.82. The van der Waals surface area contributed by atoms with Gasteiger partial charge in [-0.25, -0.2) is 4.98 Å². The minimum Gasteiger partial charge on any atom is -0.289 e. The lowest BCUT2D eigenvalue weighted by molar-refractivity contribution is 0.0987. The molecule has 0 radical (unpaired) electrons. The highest BCUT2D eigenvalue weighted by Gasteiger charge is 2.47. The fraction of sp³-hybridized carbons (Fsp3) is 0.321. The zero-order valence-corrected chi connectivity index (χ0v) is 18.4. The van der Waals surface area contributed by atoms with Crippen LogP contribution in [0.1, 0.15) is 43.5 Å². The number of rotatable bonds is 5. The summed E-state index contributed by atoms with van der Waals surface area (Å²) in [5, 5.41) is 2.23. The molecule has 4 aromatic rings. The monoisotopic (exact) mass is 420 g/mol. The number of fused-ring (bicyclic) bond motifs is 5. The first-order chi connectivity index (χ1) is 15.8. The normalized spacial score (nSPS) is 24.1. The van der Waals surface area contributed by atoms with Gasteiger partial charge in [0.2, 0.25) is 0 Å². The Kier molecular flexibility index (Phi) is 4.95. The zero-order valence-electron chi connectivity index (χ0n) is 18.4. The summed E-state index contributed by atoms with van der Waals surface area (Å²) in [7, 11) is 0. The van der Waals surface area contributed by atoms with E-state index in [1.54, 1.807) is 0 Å². The number of likely N-dealkylation sites (tertiary alicyclic amines) is 1.